The van der Waals surface area contributed by atoms with Gasteiger partial charge in [-0.25, -0.2) is 0 Å². The van der Waals surface area contributed by atoms with E-state index in [0.717, 1.165) is 12.2 Å². The fraction of sp³-hybridized carbons (Fsp3) is 0.556. The Kier molecular flexibility index (Phi) is 6.77. The van der Waals surface area contributed by atoms with Crippen LogP contribution in [-0.2, 0) is 4.74 Å². The molecule has 1 atom stereocenters. The van der Waals surface area contributed by atoms with Gasteiger partial charge in [0.25, 0.3) is 0 Å². The second kappa shape index (κ2) is 8.85. The third-order valence-corrected chi connectivity index (χ3v) is 4.04. The van der Waals surface area contributed by atoms with Crippen LogP contribution in [0.15, 0.2) is 35.9 Å². The van der Waals surface area contributed by atoms with E-state index in [1.807, 2.05) is 19.2 Å². The molecule has 0 saturated carbocycles. The van der Waals surface area contributed by atoms with Gasteiger partial charge in [0.05, 0.1) is 6.61 Å². The minimum Gasteiger partial charge on any atom is -0.491 e. The maximum atomic E-state index is 5.87. The molecule has 116 valence electrons. The van der Waals surface area contributed by atoms with Crippen LogP contribution in [0, 0.1) is 0 Å². The second-order valence-corrected chi connectivity index (χ2v) is 5.53. The molecule has 21 heavy (non-hydrogen) atoms. The maximum absolute atomic E-state index is 5.87. The number of hydrogen-bond acceptors (Lipinski definition) is 3. The van der Waals surface area contributed by atoms with Gasteiger partial charge >= 0.3 is 0 Å². The Morgan fingerprint density at radius 3 is 2.76 bits per heavy atom. The zero-order valence-corrected chi connectivity index (χ0v) is 13.2. The van der Waals surface area contributed by atoms with Crippen LogP contribution >= 0.6 is 0 Å². The molecule has 3 nitrogen and oxygen atoms in total. The largest absolute Gasteiger partial charge is 0.491 e. The summed E-state index contributed by atoms with van der Waals surface area (Å²) in [6.45, 7) is 1.20. The van der Waals surface area contributed by atoms with E-state index in [4.69, 9.17) is 9.47 Å². The molecule has 1 unspecified atom stereocenters. The van der Waals surface area contributed by atoms with E-state index in [0.29, 0.717) is 19.3 Å². The van der Waals surface area contributed by atoms with Gasteiger partial charge in [-0.3, -0.25) is 0 Å². The van der Waals surface area contributed by atoms with Crippen LogP contribution < -0.4 is 10.1 Å². The van der Waals surface area contributed by atoms with Gasteiger partial charge in [-0.1, -0.05) is 29.8 Å². The highest BCUT2D eigenvalue weighted by Gasteiger charge is 2.17. The van der Waals surface area contributed by atoms with Crippen LogP contribution in [0.1, 0.15) is 43.7 Å². The lowest BCUT2D eigenvalue weighted by Crippen LogP contribution is -2.19. The summed E-state index contributed by atoms with van der Waals surface area (Å²) in [4.78, 5) is 0. The number of hydrogen-bond donors (Lipinski definition) is 1. The van der Waals surface area contributed by atoms with E-state index >= 15 is 0 Å². The quantitative estimate of drug-likeness (QED) is 0.582. The Labute approximate surface area is 128 Å². The predicted octanol–water partition coefficient (Wildman–Crippen LogP) is 3.86. The van der Waals surface area contributed by atoms with Crippen molar-refractivity contribution in [2.24, 2.45) is 0 Å². The number of benzene rings is 1. The van der Waals surface area contributed by atoms with Crippen LogP contribution in [-0.4, -0.2) is 27.4 Å². The van der Waals surface area contributed by atoms with Crippen molar-refractivity contribution < 1.29 is 9.47 Å². The number of nitrogens with one attached hydrogen (secondary N) is 1. The van der Waals surface area contributed by atoms with Crippen molar-refractivity contribution in [3.63, 3.8) is 0 Å². The fourth-order valence-corrected chi connectivity index (χ4v) is 2.85. The van der Waals surface area contributed by atoms with Crippen molar-refractivity contribution in [3.8, 4) is 5.75 Å². The summed E-state index contributed by atoms with van der Waals surface area (Å²) in [7, 11) is 3.72. The Hall–Kier alpha value is -1.32. The molecule has 1 N–H and O–H groups in total. The minimum atomic E-state index is 0.313. The molecule has 0 spiro atoms. The lowest BCUT2D eigenvalue weighted by molar-refractivity contribution is 0.145. The SMILES string of the molecule is CNC(CC1=CCCCC1)c1ccccc1OCCOC. The van der Waals surface area contributed by atoms with Gasteiger partial charge in [0, 0.05) is 18.7 Å². The Morgan fingerprint density at radius 1 is 1.19 bits per heavy atom. The molecule has 0 saturated heterocycles. The first-order valence-electron chi connectivity index (χ1n) is 7.91. The van der Waals surface area contributed by atoms with Crippen molar-refractivity contribution >= 4 is 0 Å². The molecule has 0 aromatic heterocycles. The van der Waals surface area contributed by atoms with Crippen molar-refractivity contribution in [1.29, 1.82) is 0 Å². The molecule has 1 aliphatic rings. The highest BCUT2D eigenvalue weighted by Crippen LogP contribution is 2.32. The average molecular weight is 289 g/mol. The molecular weight excluding hydrogens is 262 g/mol. The Morgan fingerprint density at radius 2 is 2.05 bits per heavy atom. The zero-order valence-electron chi connectivity index (χ0n) is 13.2. The molecule has 2 rings (SSSR count). The van der Waals surface area contributed by atoms with Crippen molar-refractivity contribution in [2.75, 3.05) is 27.4 Å². The van der Waals surface area contributed by atoms with E-state index in [1.165, 1.54) is 31.2 Å². The molecule has 3 heteroatoms. The Bertz CT molecular complexity index is 456. The highest BCUT2D eigenvalue weighted by atomic mass is 16.5. The van der Waals surface area contributed by atoms with Gasteiger partial charge in [-0.15, -0.1) is 0 Å². The van der Waals surface area contributed by atoms with Crippen molar-refractivity contribution in [2.45, 2.75) is 38.1 Å². The minimum absolute atomic E-state index is 0.313. The summed E-state index contributed by atoms with van der Waals surface area (Å²) >= 11 is 0. The first-order chi connectivity index (χ1) is 10.3. The molecule has 0 radical (unpaired) electrons. The zero-order chi connectivity index (χ0) is 14.9. The first kappa shape index (κ1) is 16.1. The van der Waals surface area contributed by atoms with Crippen LogP contribution in [0.25, 0.3) is 0 Å². The molecule has 0 amide bonds. The standard InChI is InChI=1S/C18H27NO2/c1-19-17(14-15-8-4-3-5-9-15)16-10-6-7-11-18(16)21-13-12-20-2/h6-8,10-11,17,19H,3-5,9,12-14H2,1-2H3. The Balaban J connectivity index is 2.07. The van der Waals surface area contributed by atoms with E-state index in [9.17, 15) is 0 Å². The summed E-state index contributed by atoms with van der Waals surface area (Å²) in [5.41, 5.74) is 2.81. The van der Waals surface area contributed by atoms with Crippen molar-refractivity contribution in [3.05, 3.63) is 41.5 Å². The third-order valence-electron chi connectivity index (χ3n) is 4.04. The summed E-state index contributed by atoms with van der Waals surface area (Å²) in [5.74, 6) is 0.963. The smallest absolute Gasteiger partial charge is 0.124 e. The average Bonchev–Trinajstić information content (AvgIpc) is 2.54. The monoisotopic (exact) mass is 289 g/mol. The number of rotatable bonds is 8. The lowest BCUT2D eigenvalue weighted by atomic mass is 9.91. The van der Waals surface area contributed by atoms with Gasteiger partial charge < -0.3 is 14.8 Å². The molecule has 0 fully saturated rings. The number of ether oxygens (including phenoxy) is 2. The first-order valence-corrected chi connectivity index (χ1v) is 7.91. The normalized spacial score (nSPS) is 16.4. The van der Waals surface area contributed by atoms with Gasteiger partial charge in [0.15, 0.2) is 0 Å². The topological polar surface area (TPSA) is 30.5 Å². The molecule has 0 bridgehead atoms. The third kappa shape index (κ3) is 4.87. The van der Waals surface area contributed by atoms with Crippen LogP contribution in [0.2, 0.25) is 0 Å². The second-order valence-electron chi connectivity index (χ2n) is 5.53. The number of para-hydroxylation sites is 1. The van der Waals surface area contributed by atoms with Crippen LogP contribution in [0.4, 0.5) is 0 Å². The van der Waals surface area contributed by atoms with Gasteiger partial charge in [0.1, 0.15) is 12.4 Å². The van der Waals surface area contributed by atoms with Crippen LogP contribution in [0.5, 0.6) is 5.75 Å². The molecule has 1 aromatic carbocycles. The van der Waals surface area contributed by atoms with Gasteiger partial charge in [-0.05, 0) is 45.2 Å². The molecular formula is C18H27NO2. The molecule has 0 heterocycles. The molecule has 0 aliphatic heterocycles. The van der Waals surface area contributed by atoms with E-state index < -0.39 is 0 Å². The van der Waals surface area contributed by atoms with Crippen molar-refractivity contribution in [1.82, 2.24) is 5.32 Å². The van der Waals surface area contributed by atoms with Crippen LogP contribution in [0.3, 0.4) is 0 Å². The highest BCUT2D eigenvalue weighted by molar-refractivity contribution is 5.36. The van der Waals surface area contributed by atoms with Gasteiger partial charge in [-0.2, -0.15) is 0 Å². The van der Waals surface area contributed by atoms with Gasteiger partial charge in [0.2, 0.25) is 0 Å². The lowest BCUT2D eigenvalue weighted by Gasteiger charge is -2.23. The number of methoxy groups -OCH3 is 1. The summed E-state index contributed by atoms with van der Waals surface area (Å²) in [5, 5.41) is 3.44. The maximum Gasteiger partial charge on any atom is 0.124 e. The number of allylic oxidation sites excluding steroid dienone is 1. The van der Waals surface area contributed by atoms with E-state index in [1.54, 1.807) is 12.7 Å². The molecule has 1 aliphatic carbocycles. The predicted molar refractivity (Wildman–Crippen MR) is 86.8 cm³/mol. The summed E-state index contributed by atoms with van der Waals surface area (Å²) in [6, 6.07) is 8.63. The summed E-state index contributed by atoms with van der Waals surface area (Å²) < 4.78 is 10.9. The summed E-state index contributed by atoms with van der Waals surface area (Å²) in [6.07, 6.45) is 8.63. The van der Waals surface area contributed by atoms with E-state index in [-0.39, 0.29) is 0 Å². The fourth-order valence-electron chi connectivity index (χ4n) is 2.85. The molecule has 1 aromatic rings. The van der Waals surface area contributed by atoms with E-state index in [2.05, 4.69) is 23.5 Å².